The summed E-state index contributed by atoms with van der Waals surface area (Å²) >= 11 is 6.97. The Morgan fingerprint density at radius 1 is 1.53 bits per heavy atom. The van der Waals surface area contributed by atoms with Gasteiger partial charge in [0.15, 0.2) is 5.11 Å². The first kappa shape index (κ1) is 14.1. The highest BCUT2D eigenvalue weighted by molar-refractivity contribution is 7.98. The third kappa shape index (κ3) is 3.01. The molecule has 1 aliphatic heterocycles. The Balaban J connectivity index is 2.19. The molecule has 0 unspecified atom stereocenters. The Hall–Kier alpha value is -1.27. The number of hydrogen-bond donors (Lipinski definition) is 1. The maximum Gasteiger partial charge on any atom is 0.255 e. The van der Waals surface area contributed by atoms with Crippen LogP contribution in [0, 0.1) is 0 Å². The van der Waals surface area contributed by atoms with E-state index in [1.165, 1.54) is 0 Å². The fraction of sp³-hybridized carbons (Fsp3) is 0.385. The van der Waals surface area contributed by atoms with Gasteiger partial charge in [-0.25, -0.2) is 0 Å². The Bertz CT molecular complexity index is 493. The van der Waals surface area contributed by atoms with E-state index >= 15 is 0 Å². The number of nitrogens with zero attached hydrogens (tertiary/aromatic N) is 1. The van der Waals surface area contributed by atoms with Gasteiger partial charge in [0.2, 0.25) is 0 Å². The molecule has 4 nitrogen and oxygen atoms in total. The minimum absolute atomic E-state index is 0.00676. The second kappa shape index (κ2) is 6.25. The number of anilines is 1. The normalized spacial score (nSPS) is 18.6. The number of amides is 1. The molecule has 1 aromatic rings. The van der Waals surface area contributed by atoms with Crippen molar-refractivity contribution in [3.05, 3.63) is 24.3 Å². The quantitative estimate of drug-likeness (QED) is 0.842. The highest BCUT2D eigenvalue weighted by atomic mass is 32.2. The molecule has 0 saturated carbocycles. The van der Waals surface area contributed by atoms with E-state index in [1.54, 1.807) is 23.8 Å². The minimum Gasteiger partial charge on any atom is -0.497 e. The number of hydrogen-bond acceptors (Lipinski definition) is 4. The molecule has 1 atom stereocenters. The van der Waals surface area contributed by atoms with Crippen LogP contribution < -0.4 is 15.0 Å². The van der Waals surface area contributed by atoms with Gasteiger partial charge in [-0.3, -0.25) is 9.69 Å². The van der Waals surface area contributed by atoms with Crippen LogP contribution in [0.4, 0.5) is 5.69 Å². The summed E-state index contributed by atoms with van der Waals surface area (Å²) in [5.41, 5.74) is 0.744. The lowest BCUT2D eigenvalue weighted by molar-refractivity contribution is -0.118. The molecule has 2 rings (SSSR count). The van der Waals surface area contributed by atoms with E-state index in [0.29, 0.717) is 10.9 Å². The van der Waals surface area contributed by atoms with Crippen LogP contribution in [0.3, 0.4) is 0 Å². The summed E-state index contributed by atoms with van der Waals surface area (Å²) in [5, 5.41) is 3.54. The lowest BCUT2D eigenvalue weighted by Gasteiger charge is -2.15. The molecule has 1 heterocycles. The Labute approximate surface area is 122 Å². The number of nitrogens with one attached hydrogen (secondary N) is 1. The van der Waals surface area contributed by atoms with Gasteiger partial charge in [0.1, 0.15) is 11.8 Å². The SMILES string of the molecule is COc1cccc(N2C(=O)[C@@H](CCSC)NC2=S)c1. The number of ether oxygens (including phenoxy) is 1. The zero-order valence-corrected chi connectivity index (χ0v) is 12.5. The summed E-state index contributed by atoms with van der Waals surface area (Å²) in [6.45, 7) is 0. The van der Waals surface area contributed by atoms with Crippen molar-refractivity contribution >= 4 is 40.7 Å². The molecular weight excluding hydrogens is 280 g/mol. The fourth-order valence-corrected chi connectivity index (χ4v) is 2.77. The molecule has 6 heteroatoms. The van der Waals surface area contributed by atoms with E-state index in [-0.39, 0.29) is 11.9 Å². The first-order valence-corrected chi connectivity index (χ1v) is 7.75. The van der Waals surface area contributed by atoms with Crippen molar-refractivity contribution in [2.75, 3.05) is 24.0 Å². The van der Waals surface area contributed by atoms with Gasteiger partial charge < -0.3 is 10.1 Å². The minimum atomic E-state index is -0.217. The lowest BCUT2D eigenvalue weighted by Crippen LogP contribution is -2.31. The molecule has 0 aromatic heterocycles. The van der Waals surface area contributed by atoms with Crippen molar-refractivity contribution in [2.24, 2.45) is 0 Å². The van der Waals surface area contributed by atoms with Gasteiger partial charge in [0, 0.05) is 6.07 Å². The van der Waals surface area contributed by atoms with Crippen LogP contribution in [0.1, 0.15) is 6.42 Å². The fourth-order valence-electron chi connectivity index (χ4n) is 1.96. The van der Waals surface area contributed by atoms with Crippen molar-refractivity contribution in [3.63, 3.8) is 0 Å². The predicted octanol–water partition coefficient (Wildman–Crippen LogP) is 2.04. The van der Waals surface area contributed by atoms with Gasteiger partial charge in [0.25, 0.3) is 5.91 Å². The maximum absolute atomic E-state index is 12.3. The van der Waals surface area contributed by atoms with E-state index in [0.717, 1.165) is 17.9 Å². The molecule has 102 valence electrons. The molecule has 1 aliphatic rings. The molecule has 0 spiro atoms. The van der Waals surface area contributed by atoms with E-state index in [4.69, 9.17) is 17.0 Å². The number of rotatable bonds is 5. The number of carbonyl (C=O) groups excluding carboxylic acids is 1. The van der Waals surface area contributed by atoms with Gasteiger partial charge in [-0.2, -0.15) is 11.8 Å². The van der Waals surface area contributed by atoms with Crippen LogP contribution in [0.5, 0.6) is 5.75 Å². The number of benzene rings is 1. The van der Waals surface area contributed by atoms with Crippen molar-refractivity contribution in [3.8, 4) is 5.75 Å². The predicted molar refractivity (Wildman–Crippen MR) is 83.0 cm³/mol. The number of methoxy groups -OCH3 is 1. The third-order valence-electron chi connectivity index (χ3n) is 2.94. The van der Waals surface area contributed by atoms with Gasteiger partial charge in [-0.15, -0.1) is 0 Å². The molecule has 0 bridgehead atoms. The van der Waals surface area contributed by atoms with E-state index in [9.17, 15) is 4.79 Å². The average Bonchev–Trinajstić information content (AvgIpc) is 2.71. The van der Waals surface area contributed by atoms with E-state index < -0.39 is 0 Å². The van der Waals surface area contributed by atoms with Gasteiger partial charge in [0.05, 0.1) is 12.8 Å². The first-order valence-electron chi connectivity index (χ1n) is 5.95. The van der Waals surface area contributed by atoms with Crippen LogP contribution in [0.15, 0.2) is 24.3 Å². The molecule has 1 N–H and O–H groups in total. The van der Waals surface area contributed by atoms with Crippen molar-refractivity contribution in [2.45, 2.75) is 12.5 Å². The van der Waals surface area contributed by atoms with Gasteiger partial charge >= 0.3 is 0 Å². The number of carbonyl (C=O) groups is 1. The van der Waals surface area contributed by atoms with E-state index in [1.807, 2.05) is 30.5 Å². The first-order chi connectivity index (χ1) is 9.17. The van der Waals surface area contributed by atoms with Crippen LogP contribution in [-0.4, -0.2) is 36.2 Å². The topological polar surface area (TPSA) is 41.6 Å². The Morgan fingerprint density at radius 3 is 3.00 bits per heavy atom. The lowest BCUT2D eigenvalue weighted by atomic mass is 10.2. The van der Waals surface area contributed by atoms with E-state index in [2.05, 4.69) is 5.32 Å². The number of thioether (sulfide) groups is 1. The standard InChI is InChI=1S/C13H16N2O2S2/c1-17-10-5-3-4-9(8-10)15-12(16)11(6-7-19-2)14-13(15)18/h3-5,8,11H,6-7H2,1-2H3,(H,14,18)/t11-/m1/s1. The summed E-state index contributed by atoms with van der Waals surface area (Å²) in [6.07, 6.45) is 2.80. The molecule has 19 heavy (non-hydrogen) atoms. The van der Waals surface area contributed by atoms with Crippen LogP contribution in [-0.2, 0) is 4.79 Å². The summed E-state index contributed by atoms with van der Waals surface area (Å²) in [6, 6.07) is 7.13. The maximum atomic E-state index is 12.3. The van der Waals surface area contributed by atoms with Crippen LogP contribution in [0.2, 0.25) is 0 Å². The molecule has 0 aliphatic carbocycles. The average molecular weight is 296 g/mol. The van der Waals surface area contributed by atoms with Gasteiger partial charge in [-0.1, -0.05) is 6.07 Å². The van der Waals surface area contributed by atoms with Crippen LogP contribution >= 0.6 is 24.0 Å². The molecular formula is C13H16N2O2S2. The Morgan fingerprint density at radius 2 is 2.32 bits per heavy atom. The largest absolute Gasteiger partial charge is 0.497 e. The summed E-state index contributed by atoms with van der Waals surface area (Å²) < 4.78 is 5.17. The summed E-state index contributed by atoms with van der Waals surface area (Å²) in [4.78, 5) is 13.9. The Kier molecular flexibility index (Phi) is 4.66. The zero-order chi connectivity index (χ0) is 13.8. The third-order valence-corrected chi connectivity index (χ3v) is 3.89. The second-order valence-corrected chi connectivity index (χ2v) is 5.53. The highest BCUT2D eigenvalue weighted by Crippen LogP contribution is 2.25. The van der Waals surface area contributed by atoms with Crippen molar-refractivity contribution in [1.29, 1.82) is 0 Å². The molecule has 0 radical (unpaired) electrons. The van der Waals surface area contributed by atoms with Crippen LogP contribution in [0.25, 0.3) is 0 Å². The van der Waals surface area contributed by atoms with Gasteiger partial charge in [-0.05, 0) is 42.8 Å². The number of thiocarbonyl (C=S) groups is 1. The zero-order valence-electron chi connectivity index (χ0n) is 10.9. The smallest absolute Gasteiger partial charge is 0.255 e. The highest BCUT2D eigenvalue weighted by Gasteiger charge is 2.35. The molecule has 1 fully saturated rings. The molecule has 1 aromatic carbocycles. The summed E-state index contributed by atoms with van der Waals surface area (Å²) in [5.74, 6) is 1.64. The molecule has 1 saturated heterocycles. The summed E-state index contributed by atoms with van der Waals surface area (Å²) in [7, 11) is 1.60. The van der Waals surface area contributed by atoms with Crippen molar-refractivity contribution in [1.82, 2.24) is 5.32 Å². The molecule has 1 amide bonds. The van der Waals surface area contributed by atoms with Crippen molar-refractivity contribution < 1.29 is 9.53 Å². The second-order valence-electron chi connectivity index (χ2n) is 4.16. The monoisotopic (exact) mass is 296 g/mol.